The summed E-state index contributed by atoms with van der Waals surface area (Å²) in [5.74, 6) is 0.405. The monoisotopic (exact) mass is 234 g/mol. The zero-order valence-electron chi connectivity index (χ0n) is 10.6. The van der Waals surface area contributed by atoms with Crippen molar-refractivity contribution in [2.75, 3.05) is 26.3 Å². The van der Waals surface area contributed by atoms with Gasteiger partial charge in [-0.2, -0.15) is 0 Å². The van der Waals surface area contributed by atoms with E-state index < -0.39 is 0 Å². The van der Waals surface area contributed by atoms with E-state index in [1.807, 2.05) is 19.9 Å². The summed E-state index contributed by atoms with van der Waals surface area (Å²) in [7, 11) is 0. The number of hydrogen-bond acceptors (Lipinski definition) is 2. The third-order valence-corrected chi connectivity index (χ3v) is 3.15. The van der Waals surface area contributed by atoms with Crippen LogP contribution in [0.3, 0.4) is 0 Å². The lowest BCUT2D eigenvalue weighted by atomic mass is 10.0. The Morgan fingerprint density at radius 3 is 2.47 bits per heavy atom. The van der Waals surface area contributed by atoms with E-state index in [2.05, 4.69) is 16.7 Å². The van der Waals surface area contributed by atoms with Crippen LogP contribution < -0.4 is 0 Å². The zero-order chi connectivity index (χ0) is 12.3. The fourth-order valence-electron chi connectivity index (χ4n) is 2.09. The summed E-state index contributed by atoms with van der Waals surface area (Å²) in [5.41, 5.74) is 3.20. The lowest BCUT2D eigenvalue weighted by Gasteiger charge is -2.15. The molecule has 1 aliphatic heterocycles. The summed E-state index contributed by atoms with van der Waals surface area (Å²) < 4.78 is 7.69. The number of allylic oxidation sites excluding steroid dienone is 4. The summed E-state index contributed by atoms with van der Waals surface area (Å²) in [5, 5.41) is 9.87. The second-order valence-electron chi connectivity index (χ2n) is 4.64. The van der Waals surface area contributed by atoms with Gasteiger partial charge in [0, 0.05) is 11.6 Å². The van der Waals surface area contributed by atoms with Crippen LogP contribution in [0, 0.1) is 0 Å². The molecule has 1 N–H and O–H groups in total. The predicted octanol–water partition coefficient (Wildman–Crippen LogP) is 2.21. The van der Waals surface area contributed by atoms with Crippen molar-refractivity contribution >= 4 is 5.71 Å². The Bertz CT molecular complexity index is 416. The molecule has 0 unspecified atom stereocenters. The van der Waals surface area contributed by atoms with Crippen molar-refractivity contribution in [3.05, 3.63) is 35.1 Å². The third-order valence-electron chi connectivity index (χ3n) is 3.15. The van der Waals surface area contributed by atoms with E-state index in [1.54, 1.807) is 0 Å². The molecule has 1 aliphatic carbocycles. The second-order valence-corrected chi connectivity index (χ2v) is 4.64. The van der Waals surface area contributed by atoms with Crippen molar-refractivity contribution in [3.63, 3.8) is 0 Å². The quantitative estimate of drug-likeness (QED) is 0.557. The van der Waals surface area contributed by atoms with E-state index in [-0.39, 0.29) is 0 Å². The van der Waals surface area contributed by atoms with Crippen LogP contribution in [-0.2, 0) is 4.74 Å². The lowest BCUT2D eigenvalue weighted by Crippen LogP contribution is -2.33. The highest BCUT2D eigenvalue weighted by atomic mass is 16.5. The highest BCUT2D eigenvalue weighted by molar-refractivity contribution is 5.94. The van der Waals surface area contributed by atoms with Gasteiger partial charge in [0.15, 0.2) is 18.8 Å². The highest BCUT2D eigenvalue weighted by Gasteiger charge is 2.18. The molecule has 0 aromatic rings. The van der Waals surface area contributed by atoms with E-state index in [4.69, 9.17) is 4.74 Å². The van der Waals surface area contributed by atoms with Crippen LogP contribution in [-0.4, -0.2) is 41.7 Å². The Kier molecular flexibility index (Phi) is 3.79. The number of morpholine rings is 1. The summed E-state index contributed by atoms with van der Waals surface area (Å²) in [6.45, 7) is 7.41. The van der Waals surface area contributed by atoms with Crippen molar-refractivity contribution in [1.29, 1.82) is 0 Å². The maximum Gasteiger partial charge on any atom is 0.180 e. The van der Waals surface area contributed by atoms with Crippen LogP contribution in [0.5, 0.6) is 0 Å². The Morgan fingerprint density at radius 1 is 1.24 bits per heavy atom. The van der Waals surface area contributed by atoms with Crippen molar-refractivity contribution in [1.82, 2.24) is 0 Å². The van der Waals surface area contributed by atoms with Gasteiger partial charge in [-0.3, -0.25) is 0 Å². The molecule has 0 saturated carbocycles. The molecule has 2 aliphatic rings. The Balaban J connectivity index is 2.12. The topological polar surface area (TPSA) is 32.5 Å². The Morgan fingerprint density at radius 2 is 1.94 bits per heavy atom. The summed E-state index contributed by atoms with van der Waals surface area (Å²) >= 11 is 0. The van der Waals surface area contributed by atoms with Crippen LogP contribution in [0.25, 0.3) is 0 Å². The third kappa shape index (κ3) is 2.86. The lowest BCUT2D eigenvalue weighted by molar-refractivity contribution is -0.549. The molecule has 0 spiro atoms. The second kappa shape index (κ2) is 5.32. The van der Waals surface area contributed by atoms with Gasteiger partial charge in [0.1, 0.15) is 19.0 Å². The van der Waals surface area contributed by atoms with Crippen LogP contribution in [0.15, 0.2) is 35.1 Å². The van der Waals surface area contributed by atoms with Crippen molar-refractivity contribution < 1.29 is 14.4 Å². The van der Waals surface area contributed by atoms with E-state index >= 15 is 0 Å². The number of rotatable bonds is 1. The molecular formula is C14H20NO2+. The number of nitrogens with zero attached hydrogens (tertiary/aromatic N) is 1. The summed E-state index contributed by atoms with van der Waals surface area (Å²) in [6.07, 6.45) is 7.09. The van der Waals surface area contributed by atoms with Gasteiger partial charge in [0.25, 0.3) is 0 Å². The molecule has 17 heavy (non-hydrogen) atoms. The van der Waals surface area contributed by atoms with Gasteiger partial charge >= 0.3 is 0 Å². The fraction of sp³-hybridized carbons (Fsp3) is 0.500. The van der Waals surface area contributed by atoms with Gasteiger partial charge in [0.2, 0.25) is 0 Å². The van der Waals surface area contributed by atoms with Gasteiger partial charge < -0.3 is 9.84 Å². The maximum absolute atomic E-state index is 9.87. The molecule has 0 radical (unpaired) electrons. The molecule has 0 bridgehead atoms. The van der Waals surface area contributed by atoms with Crippen LogP contribution >= 0.6 is 0 Å². The van der Waals surface area contributed by atoms with Crippen LogP contribution in [0.2, 0.25) is 0 Å². The number of aliphatic hydroxyl groups is 1. The normalized spacial score (nSPS) is 20.2. The molecule has 0 aromatic carbocycles. The fourth-order valence-corrected chi connectivity index (χ4v) is 2.09. The summed E-state index contributed by atoms with van der Waals surface area (Å²) in [4.78, 5) is 0. The van der Waals surface area contributed by atoms with Crippen molar-refractivity contribution in [2.24, 2.45) is 0 Å². The van der Waals surface area contributed by atoms with Gasteiger partial charge in [0.05, 0.1) is 6.42 Å². The largest absolute Gasteiger partial charge is 0.507 e. The molecule has 3 heteroatoms. The molecule has 1 heterocycles. The Labute approximate surface area is 102 Å². The maximum atomic E-state index is 9.87. The minimum Gasteiger partial charge on any atom is -0.507 e. The van der Waals surface area contributed by atoms with E-state index in [9.17, 15) is 5.11 Å². The molecule has 3 nitrogen and oxygen atoms in total. The SMILES string of the molecule is CC(C)=C(O)C1=CCC(=[N+]2CCOCC2)C=C1. The minimum absolute atomic E-state index is 0.405. The number of ether oxygens (including phenoxy) is 1. The van der Waals surface area contributed by atoms with Gasteiger partial charge in [-0.25, -0.2) is 4.58 Å². The van der Waals surface area contributed by atoms with Crippen LogP contribution in [0.1, 0.15) is 20.3 Å². The molecule has 1 saturated heterocycles. The van der Waals surface area contributed by atoms with E-state index in [1.165, 1.54) is 5.71 Å². The van der Waals surface area contributed by atoms with Crippen molar-refractivity contribution in [2.45, 2.75) is 20.3 Å². The number of aliphatic hydroxyl groups excluding tert-OH is 1. The molecule has 1 fully saturated rings. The van der Waals surface area contributed by atoms with E-state index in [0.717, 1.165) is 43.9 Å². The standard InChI is InChI=1S/C14H19NO2/c1-11(2)14(16)12-3-5-13(6-4-12)15-7-9-17-10-8-15/h3-5H,6-10H2,1-2H3/p+1. The van der Waals surface area contributed by atoms with Crippen molar-refractivity contribution in [3.8, 4) is 0 Å². The first-order chi connectivity index (χ1) is 8.18. The molecular weight excluding hydrogens is 214 g/mol. The molecule has 0 atom stereocenters. The molecule has 2 rings (SSSR count). The van der Waals surface area contributed by atoms with Gasteiger partial charge in [-0.15, -0.1) is 0 Å². The average molecular weight is 234 g/mol. The Hall–Kier alpha value is -1.35. The summed E-state index contributed by atoms with van der Waals surface area (Å²) in [6, 6.07) is 0. The average Bonchev–Trinajstić information content (AvgIpc) is 2.39. The number of hydrogen-bond donors (Lipinski definition) is 1. The first-order valence-electron chi connectivity index (χ1n) is 6.12. The van der Waals surface area contributed by atoms with Gasteiger partial charge in [-0.05, 0) is 25.5 Å². The smallest absolute Gasteiger partial charge is 0.180 e. The first kappa shape index (κ1) is 12.1. The molecule has 0 amide bonds. The van der Waals surface area contributed by atoms with Gasteiger partial charge in [-0.1, -0.05) is 6.08 Å². The van der Waals surface area contributed by atoms with E-state index in [0.29, 0.717) is 5.76 Å². The molecule has 0 aromatic heterocycles. The van der Waals surface area contributed by atoms with Crippen LogP contribution in [0.4, 0.5) is 0 Å². The first-order valence-corrected chi connectivity index (χ1v) is 6.12. The predicted molar refractivity (Wildman–Crippen MR) is 68.7 cm³/mol. The zero-order valence-corrected chi connectivity index (χ0v) is 10.6. The highest BCUT2D eigenvalue weighted by Crippen LogP contribution is 2.18. The molecule has 92 valence electrons. The minimum atomic E-state index is 0.405.